The van der Waals surface area contributed by atoms with Crippen molar-refractivity contribution < 1.29 is 0 Å². The monoisotopic (exact) mass is 249 g/mol. The minimum absolute atomic E-state index is 0.905. The Morgan fingerprint density at radius 1 is 1.24 bits per heavy atom. The second-order valence-electron chi connectivity index (χ2n) is 5.12. The molecule has 17 heavy (non-hydrogen) atoms. The molecule has 1 heterocycles. The Morgan fingerprint density at radius 2 is 2.00 bits per heavy atom. The normalized spacial score (nSPS) is 17.3. The maximum Gasteiger partial charge on any atom is 0.0208 e. The second-order valence-corrected chi connectivity index (χ2v) is 6.34. The number of nitrogens with one attached hydrogen (secondary N) is 1. The number of hydrogen-bond acceptors (Lipinski definition) is 2. The quantitative estimate of drug-likeness (QED) is 0.876. The molecule has 1 nitrogen and oxygen atoms in total. The fourth-order valence-electron chi connectivity index (χ4n) is 2.41. The van der Waals surface area contributed by atoms with Crippen molar-refractivity contribution in [2.45, 2.75) is 33.2 Å². The SMILES string of the molecule is Cc1ccc(CNCC2CCSCC2)c(C)c1. The highest BCUT2D eigenvalue weighted by Crippen LogP contribution is 2.22. The zero-order valence-corrected chi connectivity index (χ0v) is 11.8. The van der Waals surface area contributed by atoms with Gasteiger partial charge in [-0.25, -0.2) is 0 Å². The van der Waals surface area contributed by atoms with Crippen LogP contribution in [0.4, 0.5) is 0 Å². The average Bonchev–Trinajstić information content (AvgIpc) is 2.33. The maximum absolute atomic E-state index is 3.62. The first kappa shape index (κ1) is 13.0. The molecule has 0 amide bonds. The minimum Gasteiger partial charge on any atom is -0.312 e. The summed E-state index contributed by atoms with van der Waals surface area (Å²) in [5.74, 6) is 3.62. The smallest absolute Gasteiger partial charge is 0.0208 e. The molecule has 2 heteroatoms. The highest BCUT2D eigenvalue weighted by Gasteiger charge is 2.12. The lowest BCUT2D eigenvalue weighted by molar-refractivity contribution is 0.447. The minimum atomic E-state index is 0.905. The molecular weight excluding hydrogens is 226 g/mol. The van der Waals surface area contributed by atoms with Gasteiger partial charge in [0.1, 0.15) is 0 Å². The molecule has 1 N–H and O–H groups in total. The van der Waals surface area contributed by atoms with Gasteiger partial charge < -0.3 is 5.32 Å². The Hall–Kier alpha value is -0.470. The van der Waals surface area contributed by atoms with Gasteiger partial charge in [-0.1, -0.05) is 23.8 Å². The van der Waals surface area contributed by atoms with Crippen molar-refractivity contribution in [3.05, 3.63) is 34.9 Å². The van der Waals surface area contributed by atoms with E-state index in [4.69, 9.17) is 0 Å². The summed E-state index contributed by atoms with van der Waals surface area (Å²) in [5.41, 5.74) is 4.22. The molecule has 0 unspecified atom stereocenters. The van der Waals surface area contributed by atoms with Crippen LogP contribution < -0.4 is 5.32 Å². The molecular formula is C15H23NS. The van der Waals surface area contributed by atoms with Crippen molar-refractivity contribution in [1.29, 1.82) is 0 Å². The summed E-state index contributed by atoms with van der Waals surface area (Å²) in [6, 6.07) is 6.74. The number of rotatable bonds is 4. The Labute approximate surface area is 109 Å². The Morgan fingerprint density at radius 3 is 2.71 bits per heavy atom. The van der Waals surface area contributed by atoms with Crippen LogP contribution in [0.2, 0.25) is 0 Å². The summed E-state index contributed by atoms with van der Waals surface area (Å²) in [4.78, 5) is 0. The predicted octanol–water partition coefficient (Wildman–Crippen LogP) is 3.54. The van der Waals surface area contributed by atoms with Crippen molar-refractivity contribution in [2.75, 3.05) is 18.1 Å². The van der Waals surface area contributed by atoms with E-state index in [2.05, 4.69) is 49.1 Å². The zero-order chi connectivity index (χ0) is 12.1. The highest BCUT2D eigenvalue weighted by atomic mass is 32.2. The molecule has 0 aromatic heterocycles. The first-order valence-electron chi connectivity index (χ1n) is 6.60. The molecule has 0 atom stereocenters. The first-order valence-corrected chi connectivity index (χ1v) is 7.76. The van der Waals surface area contributed by atoms with E-state index in [1.807, 2.05) is 0 Å². The molecule has 1 aliphatic heterocycles. The molecule has 2 rings (SSSR count). The van der Waals surface area contributed by atoms with Gasteiger partial charge in [-0.15, -0.1) is 0 Å². The molecule has 1 aromatic rings. The Bertz CT molecular complexity index is 356. The number of hydrogen-bond donors (Lipinski definition) is 1. The standard InChI is InChI=1S/C15H23NS/c1-12-3-4-15(13(2)9-12)11-16-10-14-5-7-17-8-6-14/h3-4,9,14,16H,5-8,10-11H2,1-2H3. The van der Waals surface area contributed by atoms with Gasteiger partial charge in [0.2, 0.25) is 0 Å². The van der Waals surface area contributed by atoms with Crippen LogP contribution in [-0.4, -0.2) is 18.1 Å². The van der Waals surface area contributed by atoms with Crippen molar-refractivity contribution in [1.82, 2.24) is 5.32 Å². The third kappa shape index (κ3) is 4.04. The van der Waals surface area contributed by atoms with E-state index in [1.165, 1.54) is 47.6 Å². The number of aryl methyl sites for hydroxylation is 2. The average molecular weight is 249 g/mol. The van der Waals surface area contributed by atoms with Gasteiger partial charge in [0, 0.05) is 6.54 Å². The Kier molecular flexibility index (Phi) is 4.93. The van der Waals surface area contributed by atoms with Crippen molar-refractivity contribution in [3.8, 4) is 0 Å². The fraction of sp³-hybridized carbons (Fsp3) is 0.600. The molecule has 0 spiro atoms. The van der Waals surface area contributed by atoms with Crippen LogP contribution in [0.15, 0.2) is 18.2 Å². The molecule has 0 aliphatic carbocycles. The van der Waals surface area contributed by atoms with Gasteiger partial charge in [-0.3, -0.25) is 0 Å². The second kappa shape index (κ2) is 6.46. The van der Waals surface area contributed by atoms with E-state index in [0.717, 1.165) is 12.5 Å². The summed E-state index contributed by atoms with van der Waals surface area (Å²) in [6.07, 6.45) is 2.79. The van der Waals surface area contributed by atoms with Crippen molar-refractivity contribution in [3.63, 3.8) is 0 Å². The van der Waals surface area contributed by atoms with Crippen molar-refractivity contribution in [2.24, 2.45) is 5.92 Å². The lowest BCUT2D eigenvalue weighted by atomic mass is 10.0. The van der Waals surface area contributed by atoms with Crippen LogP contribution in [0, 0.1) is 19.8 Å². The van der Waals surface area contributed by atoms with E-state index in [1.54, 1.807) is 0 Å². The van der Waals surface area contributed by atoms with E-state index in [-0.39, 0.29) is 0 Å². The van der Waals surface area contributed by atoms with Gasteiger partial charge in [0.05, 0.1) is 0 Å². The molecule has 0 radical (unpaired) electrons. The van der Waals surface area contributed by atoms with E-state index in [0.29, 0.717) is 0 Å². The first-order chi connectivity index (χ1) is 8.25. The largest absolute Gasteiger partial charge is 0.312 e. The summed E-state index contributed by atoms with van der Waals surface area (Å²) >= 11 is 2.10. The lowest BCUT2D eigenvalue weighted by Gasteiger charge is -2.21. The van der Waals surface area contributed by atoms with E-state index < -0.39 is 0 Å². The summed E-state index contributed by atoms with van der Waals surface area (Å²) in [6.45, 7) is 6.58. The number of benzene rings is 1. The maximum atomic E-state index is 3.62. The molecule has 0 saturated carbocycles. The Balaban J connectivity index is 1.77. The predicted molar refractivity (Wildman–Crippen MR) is 77.7 cm³/mol. The van der Waals surface area contributed by atoms with Gasteiger partial charge in [-0.2, -0.15) is 11.8 Å². The molecule has 1 aromatic carbocycles. The third-order valence-electron chi connectivity index (χ3n) is 3.59. The third-order valence-corrected chi connectivity index (χ3v) is 4.64. The van der Waals surface area contributed by atoms with E-state index >= 15 is 0 Å². The number of thioether (sulfide) groups is 1. The van der Waals surface area contributed by atoms with E-state index in [9.17, 15) is 0 Å². The van der Waals surface area contributed by atoms with Crippen LogP contribution in [0.3, 0.4) is 0 Å². The summed E-state index contributed by atoms with van der Waals surface area (Å²) in [7, 11) is 0. The van der Waals surface area contributed by atoms with Crippen LogP contribution in [0.5, 0.6) is 0 Å². The van der Waals surface area contributed by atoms with Gasteiger partial charge >= 0.3 is 0 Å². The van der Waals surface area contributed by atoms with Crippen molar-refractivity contribution >= 4 is 11.8 Å². The van der Waals surface area contributed by atoms with Gasteiger partial charge in [0.25, 0.3) is 0 Å². The summed E-state index contributed by atoms with van der Waals surface area (Å²) < 4.78 is 0. The molecule has 0 bridgehead atoms. The van der Waals surface area contributed by atoms with Crippen LogP contribution in [-0.2, 0) is 6.54 Å². The van der Waals surface area contributed by atoms with Crippen LogP contribution in [0.1, 0.15) is 29.5 Å². The molecule has 94 valence electrons. The topological polar surface area (TPSA) is 12.0 Å². The highest BCUT2D eigenvalue weighted by molar-refractivity contribution is 7.99. The molecule has 1 aliphatic rings. The van der Waals surface area contributed by atoms with Gasteiger partial charge in [-0.05, 0) is 61.8 Å². The molecule has 1 fully saturated rings. The van der Waals surface area contributed by atoms with Crippen LogP contribution >= 0.6 is 11.8 Å². The molecule has 1 saturated heterocycles. The zero-order valence-electron chi connectivity index (χ0n) is 11.0. The van der Waals surface area contributed by atoms with Gasteiger partial charge in [0.15, 0.2) is 0 Å². The fourth-order valence-corrected chi connectivity index (χ4v) is 3.61. The van der Waals surface area contributed by atoms with Crippen LogP contribution in [0.25, 0.3) is 0 Å². The summed E-state index contributed by atoms with van der Waals surface area (Å²) in [5, 5.41) is 3.62. The lowest BCUT2D eigenvalue weighted by Crippen LogP contribution is -2.25.